The van der Waals surface area contributed by atoms with Gasteiger partial charge in [0.25, 0.3) is 0 Å². The highest BCUT2D eigenvalue weighted by molar-refractivity contribution is 5.97. The van der Waals surface area contributed by atoms with Crippen LogP contribution in [0.25, 0.3) is 0 Å². The Bertz CT molecular complexity index is 81.9. The monoisotopic (exact) mass is 203 g/mol. The molecular weight excluding hydrogens is 178 g/mol. The van der Waals surface area contributed by atoms with E-state index in [1.54, 1.807) is 0 Å². The third-order valence-electron chi connectivity index (χ3n) is 2.27. The van der Waals surface area contributed by atoms with E-state index in [4.69, 9.17) is 4.43 Å². The number of rotatable bonds is 9. The molecule has 0 aliphatic carbocycles. The maximum atomic E-state index is 5.23. The van der Waals surface area contributed by atoms with Gasteiger partial charge in [0, 0.05) is 13.2 Å². The quantitative estimate of drug-likeness (QED) is 0.522. The second-order valence-electron chi connectivity index (χ2n) is 3.54. The molecule has 0 fully saturated rings. The fourth-order valence-electron chi connectivity index (χ4n) is 1.32. The Hall–Kier alpha value is 0.137. The molecule has 0 aromatic heterocycles. The molecule has 0 aliphatic heterocycles. The first-order chi connectivity index (χ1) is 6.35. The normalized spacial score (nSPS) is 11.3. The van der Waals surface area contributed by atoms with Crippen molar-refractivity contribution < 1.29 is 4.43 Å². The molecule has 0 saturated carbocycles. The average molecular weight is 203 g/mol. The molecule has 0 aromatic carbocycles. The summed E-state index contributed by atoms with van der Waals surface area (Å²) in [5, 5.41) is 0. The molecule has 0 spiro atoms. The average Bonchev–Trinajstić information content (AvgIpc) is 2.17. The summed E-state index contributed by atoms with van der Waals surface area (Å²) in [7, 11) is 0.878. The Kier molecular flexibility index (Phi) is 10.3. The molecule has 0 heterocycles. The maximum Gasteiger partial charge on any atom is 0.146 e. The number of nitrogens with zero attached hydrogens (tertiary/aromatic N) is 1. The Balaban J connectivity index is 3.47. The van der Waals surface area contributed by atoms with Gasteiger partial charge in [-0.3, -0.25) is 0 Å². The van der Waals surface area contributed by atoms with Crippen molar-refractivity contribution in [2.45, 2.75) is 39.5 Å². The highest BCUT2D eigenvalue weighted by Gasteiger charge is 2.01. The predicted molar refractivity (Wildman–Crippen MR) is 62.1 cm³/mol. The number of hydrogen-bond acceptors (Lipinski definition) is 2. The van der Waals surface area contributed by atoms with Gasteiger partial charge in [-0.1, -0.05) is 26.7 Å². The van der Waals surface area contributed by atoms with Gasteiger partial charge in [0.2, 0.25) is 0 Å². The van der Waals surface area contributed by atoms with Crippen LogP contribution in [-0.4, -0.2) is 41.6 Å². The van der Waals surface area contributed by atoms with Crippen molar-refractivity contribution >= 4 is 10.5 Å². The van der Waals surface area contributed by atoms with E-state index in [0.717, 1.165) is 23.6 Å². The molecule has 0 N–H and O–H groups in total. The first kappa shape index (κ1) is 13.1. The van der Waals surface area contributed by atoms with E-state index in [1.807, 2.05) is 0 Å². The maximum absolute atomic E-state index is 5.23. The SMILES string of the molecule is CCCCN(CCCC)CCO[SiH3]. The summed E-state index contributed by atoms with van der Waals surface area (Å²) in [5.74, 6) is 0. The molecular formula is C10H25NOSi. The van der Waals surface area contributed by atoms with Crippen LogP contribution < -0.4 is 0 Å². The molecule has 0 unspecified atom stereocenters. The van der Waals surface area contributed by atoms with Crippen LogP contribution in [0, 0.1) is 0 Å². The van der Waals surface area contributed by atoms with Crippen LogP contribution in [0.1, 0.15) is 39.5 Å². The van der Waals surface area contributed by atoms with Crippen molar-refractivity contribution in [2.75, 3.05) is 26.2 Å². The molecule has 0 amide bonds. The van der Waals surface area contributed by atoms with Gasteiger partial charge in [-0.2, -0.15) is 0 Å². The van der Waals surface area contributed by atoms with Crippen LogP contribution in [0.2, 0.25) is 0 Å². The summed E-state index contributed by atoms with van der Waals surface area (Å²) in [5.41, 5.74) is 0. The first-order valence-electron chi connectivity index (χ1n) is 5.56. The molecule has 0 rings (SSSR count). The van der Waals surface area contributed by atoms with Crippen LogP contribution in [0.5, 0.6) is 0 Å². The van der Waals surface area contributed by atoms with E-state index in [1.165, 1.54) is 38.8 Å². The lowest BCUT2D eigenvalue weighted by Gasteiger charge is -2.21. The lowest BCUT2D eigenvalue weighted by Crippen LogP contribution is -2.29. The number of unbranched alkanes of at least 4 members (excludes halogenated alkanes) is 2. The standard InChI is InChI=1S/C10H25NOSi/c1-3-5-7-11(8-6-4-2)9-10-12-13/h3-10H2,1-2,13H3. The molecule has 0 atom stereocenters. The van der Waals surface area contributed by atoms with E-state index in [9.17, 15) is 0 Å². The Morgan fingerprint density at radius 1 is 1.00 bits per heavy atom. The van der Waals surface area contributed by atoms with Crippen molar-refractivity contribution in [3.8, 4) is 0 Å². The van der Waals surface area contributed by atoms with Crippen molar-refractivity contribution in [3.63, 3.8) is 0 Å². The van der Waals surface area contributed by atoms with Crippen molar-refractivity contribution in [2.24, 2.45) is 0 Å². The Morgan fingerprint density at radius 3 is 1.92 bits per heavy atom. The number of hydrogen-bond donors (Lipinski definition) is 0. The van der Waals surface area contributed by atoms with E-state index in [2.05, 4.69) is 18.7 Å². The largest absolute Gasteiger partial charge is 0.427 e. The van der Waals surface area contributed by atoms with Crippen LogP contribution in [0.15, 0.2) is 0 Å². The molecule has 13 heavy (non-hydrogen) atoms. The zero-order valence-corrected chi connectivity index (χ0v) is 11.5. The van der Waals surface area contributed by atoms with Gasteiger partial charge in [0.15, 0.2) is 0 Å². The van der Waals surface area contributed by atoms with Crippen LogP contribution >= 0.6 is 0 Å². The minimum Gasteiger partial charge on any atom is -0.427 e. The zero-order chi connectivity index (χ0) is 9.94. The van der Waals surface area contributed by atoms with Crippen molar-refractivity contribution in [1.82, 2.24) is 4.90 Å². The van der Waals surface area contributed by atoms with E-state index in [0.29, 0.717) is 0 Å². The summed E-state index contributed by atoms with van der Waals surface area (Å²) in [4.78, 5) is 2.53. The summed E-state index contributed by atoms with van der Waals surface area (Å²) in [6.45, 7) is 9.06. The lowest BCUT2D eigenvalue weighted by atomic mass is 10.2. The molecule has 0 aromatic rings. The molecule has 0 radical (unpaired) electrons. The van der Waals surface area contributed by atoms with Crippen LogP contribution in [-0.2, 0) is 4.43 Å². The third-order valence-corrected chi connectivity index (χ3v) is 2.68. The fraction of sp³-hybridized carbons (Fsp3) is 1.00. The third kappa shape index (κ3) is 8.47. The van der Waals surface area contributed by atoms with Gasteiger partial charge in [-0.25, -0.2) is 0 Å². The highest BCUT2D eigenvalue weighted by Crippen LogP contribution is 1.98. The minimum absolute atomic E-state index is 0.878. The summed E-state index contributed by atoms with van der Waals surface area (Å²) in [6.07, 6.45) is 5.24. The van der Waals surface area contributed by atoms with E-state index < -0.39 is 0 Å². The van der Waals surface area contributed by atoms with Crippen LogP contribution in [0.4, 0.5) is 0 Å². The lowest BCUT2D eigenvalue weighted by molar-refractivity contribution is 0.212. The molecule has 0 saturated heterocycles. The zero-order valence-electron chi connectivity index (χ0n) is 9.51. The van der Waals surface area contributed by atoms with Gasteiger partial charge < -0.3 is 9.33 Å². The molecule has 3 heteroatoms. The van der Waals surface area contributed by atoms with E-state index >= 15 is 0 Å². The van der Waals surface area contributed by atoms with Gasteiger partial charge in [0.05, 0.1) is 0 Å². The van der Waals surface area contributed by atoms with Crippen LogP contribution in [0.3, 0.4) is 0 Å². The molecule has 0 aliphatic rings. The topological polar surface area (TPSA) is 12.5 Å². The molecule has 80 valence electrons. The smallest absolute Gasteiger partial charge is 0.146 e. The van der Waals surface area contributed by atoms with Gasteiger partial charge in [0.1, 0.15) is 10.5 Å². The summed E-state index contributed by atoms with van der Waals surface area (Å²) < 4.78 is 5.23. The second kappa shape index (κ2) is 10.2. The summed E-state index contributed by atoms with van der Waals surface area (Å²) >= 11 is 0. The minimum atomic E-state index is 0.878. The Labute approximate surface area is 86.2 Å². The first-order valence-corrected chi connectivity index (χ1v) is 6.38. The molecule has 2 nitrogen and oxygen atoms in total. The van der Waals surface area contributed by atoms with Crippen molar-refractivity contribution in [3.05, 3.63) is 0 Å². The Morgan fingerprint density at radius 2 is 1.54 bits per heavy atom. The second-order valence-corrected chi connectivity index (χ2v) is 4.12. The summed E-state index contributed by atoms with van der Waals surface area (Å²) in [6, 6.07) is 0. The van der Waals surface area contributed by atoms with E-state index in [-0.39, 0.29) is 0 Å². The molecule has 0 bridgehead atoms. The van der Waals surface area contributed by atoms with Crippen molar-refractivity contribution in [1.29, 1.82) is 0 Å². The van der Waals surface area contributed by atoms with Gasteiger partial charge in [-0.05, 0) is 25.9 Å². The fourth-order valence-corrected chi connectivity index (χ4v) is 1.50. The van der Waals surface area contributed by atoms with Gasteiger partial charge >= 0.3 is 0 Å². The van der Waals surface area contributed by atoms with Gasteiger partial charge in [-0.15, -0.1) is 0 Å². The highest BCUT2D eigenvalue weighted by atomic mass is 28.2. The predicted octanol–water partition coefficient (Wildman–Crippen LogP) is 1.19.